The number of hydrogen-bond acceptors (Lipinski definition) is 6. The quantitative estimate of drug-likeness (QED) is 0.685. The van der Waals surface area contributed by atoms with E-state index in [2.05, 4.69) is 9.97 Å². The minimum atomic E-state index is -0.558. The third-order valence-electron chi connectivity index (χ3n) is 2.40. The second kappa shape index (κ2) is 5.55. The van der Waals surface area contributed by atoms with Crippen molar-refractivity contribution < 1.29 is 10.0 Å². The summed E-state index contributed by atoms with van der Waals surface area (Å²) in [6, 6.07) is 1.24. The normalized spacial score (nSPS) is 10.7. The van der Waals surface area contributed by atoms with E-state index < -0.39 is 4.92 Å². The number of nitrogens with zero attached hydrogens (tertiary/aromatic N) is 4. The average molecular weight is 301 g/mol. The van der Waals surface area contributed by atoms with Crippen LogP contribution in [0.4, 0.5) is 5.69 Å². The first-order valence-electron chi connectivity index (χ1n) is 5.12. The largest absolute Gasteiger partial charge is 0.390 e. The molecule has 0 radical (unpaired) electrons. The van der Waals surface area contributed by atoms with Gasteiger partial charge in [0, 0.05) is 13.1 Å². The Morgan fingerprint density at radius 2 is 2.26 bits per heavy atom. The topological polar surface area (TPSA) is 94.1 Å². The first-order valence-corrected chi connectivity index (χ1v) is 6.31. The van der Waals surface area contributed by atoms with Crippen LogP contribution in [-0.2, 0) is 13.7 Å². The monoisotopic (exact) mass is 300 g/mol. The fraction of sp³-hybridized carbons (Fsp3) is 0.200. The van der Waals surface area contributed by atoms with Gasteiger partial charge in [-0.05, 0) is 11.8 Å². The van der Waals surface area contributed by atoms with E-state index in [0.29, 0.717) is 15.9 Å². The molecule has 0 unspecified atom stereocenters. The Hall–Kier alpha value is -1.64. The Balaban J connectivity index is 2.28. The van der Waals surface area contributed by atoms with E-state index in [1.165, 1.54) is 17.8 Å². The molecule has 0 amide bonds. The van der Waals surface area contributed by atoms with Gasteiger partial charge in [-0.25, -0.2) is 9.97 Å². The summed E-state index contributed by atoms with van der Waals surface area (Å²) in [7, 11) is 1.75. The lowest BCUT2D eigenvalue weighted by Crippen LogP contribution is -1.98. The van der Waals surface area contributed by atoms with Crippen molar-refractivity contribution in [3.05, 3.63) is 39.3 Å². The molecule has 19 heavy (non-hydrogen) atoms. The Morgan fingerprint density at radius 3 is 2.79 bits per heavy atom. The fourth-order valence-electron chi connectivity index (χ4n) is 1.34. The van der Waals surface area contributed by atoms with Crippen molar-refractivity contribution in [1.29, 1.82) is 0 Å². The predicted molar refractivity (Wildman–Crippen MR) is 69.2 cm³/mol. The van der Waals surface area contributed by atoms with Crippen molar-refractivity contribution >= 4 is 29.1 Å². The first kappa shape index (κ1) is 13.8. The van der Waals surface area contributed by atoms with Crippen molar-refractivity contribution in [3.63, 3.8) is 0 Å². The number of imidazole rings is 1. The van der Waals surface area contributed by atoms with Crippen LogP contribution in [0, 0.1) is 10.1 Å². The van der Waals surface area contributed by atoms with Crippen LogP contribution in [0.25, 0.3) is 0 Å². The van der Waals surface area contributed by atoms with Crippen LogP contribution in [0.3, 0.4) is 0 Å². The number of rotatable bonds is 4. The molecule has 2 aromatic rings. The van der Waals surface area contributed by atoms with Gasteiger partial charge in [0.15, 0.2) is 5.16 Å². The van der Waals surface area contributed by atoms with Crippen molar-refractivity contribution in [2.45, 2.75) is 16.8 Å². The minimum Gasteiger partial charge on any atom is -0.390 e. The summed E-state index contributed by atoms with van der Waals surface area (Å²) in [6.07, 6.45) is 2.69. The molecule has 9 heteroatoms. The molecule has 0 aromatic carbocycles. The minimum absolute atomic E-state index is 0.120. The van der Waals surface area contributed by atoms with E-state index >= 15 is 0 Å². The van der Waals surface area contributed by atoms with Gasteiger partial charge in [0.2, 0.25) is 0 Å². The maximum Gasteiger partial charge on any atom is 0.289 e. The van der Waals surface area contributed by atoms with Crippen LogP contribution >= 0.6 is 23.4 Å². The summed E-state index contributed by atoms with van der Waals surface area (Å²) < 4.78 is 1.70. The van der Waals surface area contributed by atoms with Gasteiger partial charge in [-0.2, -0.15) is 0 Å². The predicted octanol–water partition coefficient (Wildman–Crippen LogP) is 2.02. The SMILES string of the molecule is Cn1c(CO)cnc1Sc1ncc([N+](=O)[O-])cc1Cl. The van der Waals surface area contributed by atoms with Gasteiger partial charge in [-0.15, -0.1) is 0 Å². The van der Waals surface area contributed by atoms with Gasteiger partial charge in [-0.1, -0.05) is 11.6 Å². The number of aromatic nitrogens is 3. The van der Waals surface area contributed by atoms with Crippen LogP contribution in [0.1, 0.15) is 5.69 Å². The van der Waals surface area contributed by atoms with E-state index in [4.69, 9.17) is 16.7 Å². The zero-order chi connectivity index (χ0) is 14.0. The molecule has 0 saturated carbocycles. The van der Waals surface area contributed by atoms with Gasteiger partial charge in [-0.3, -0.25) is 10.1 Å². The lowest BCUT2D eigenvalue weighted by Gasteiger charge is -2.04. The van der Waals surface area contributed by atoms with Crippen LogP contribution in [0.15, 0.2) is 28.6 Å². The lowest BCUT2D eigenvalue weighted by molar-refractivity contribution is -0.385. The van der Waals surface area contributed by atoms with E-state index in [9.17, 15) is 10.1 Å². The lowest BCUT2D eigenvalue weighted by atomic mass is 10.4. The molecule has 0 spiro atoms. The Kier molecular flexibility index (Phi) is 4.03. The third-order valence-corrected chi connectivity index (χ3v) is 3.88. The molecule has 1 N–H and O–H groups in total. The molecule has 0 aliphatic rings. The fourth-order valence-corrected chi connectivity index (χ4v) is 2.41. The molecular formula is C10H9ClN4O3S. The van der Waals surface area contributed by atoms with Crippen molar-refractivity contribution in [3.8, 4) is 0 Å². The number of hydrogen-bond donors (Lipinski definition) is 1. The molecule has 100 valence electrons. The Labute approximate surface area is 117 Å². The maximum absolute atomic E-state index is 10.6. The Morgan fingerprint density at radius 1 is 1.53 bits per heavy atom. The summed E-state index contributed by atoms with van der Waals surface area (Å²) in [5.41, 5.74) is 0.491. The summed E-state index contributed by atoms with van der Waals surface area (Å²) in [5.74, 6) is 0. The molecule has 0 bridgehead atoms. The summed E-state index contributed by atoms with van der Waals surface area (Å²) in [4.78, 5) is 18.1. The number of pyridine rings is 1. The van der Waals surface area contributed by atoms with Crippen LogP contribution in [-0.4, -0.2) is 24.6 Å². The number of nitro groups is 1. The van der Waals surface area contributed by atoms with Crippen LogP contribution in [0.2, 0.25) is 5.02 Å². The van der Waals surface area contributed by atoms with Crippen LogP contribution in [0.5, 0.6) is 0 Å². The van der Waals surface area contributed by atoms with E-state index in [0.717, 1.165) is 6.20 Å². The highest BCUT2D eigenvalue weighted by Crippen LogP contribution is 2.32. The zero-order valence-electron chi connectivity index (χ0n) is 9.78. The summed E-state index contributed by atoms with van der Waals surface area (Å²) >= 11 is 7.11. The highest BCUT2D eigenvalue weighted by Gasteiger charge is 2.14. The average Bonchev–Trinajstić information content (AvgIpc) is 2.72. The molecule has 2 aromatic heterocycles. The van der Waals surface area contributed by atoms with Crippen molar-refractivity contribution in [2.75, 3.05) is 0 Å². The molecular weight excluding hydrogens is 292 g/mol. The number of aliphatic hydroxyl groups is 1. The molecule has 0 fully saturated rings. The summed E-state index contributed by atoms with van der Waals surface area (Å²) in [5, 5.41) is 20.8. The molecule has 0 saturated heterocycles. The smallest absolute Gasteiger partial charge is 0.289 e. The second-order valence-electron chi connectivity index (χ2n) is 3.59. The summed E-state index contributed by atoms with van der Waals surface area (Å²) in [6.45, 7) is -0.120. The maximum atomic E-state index is 10.6. The van der Waals surface area contributed by atoms with Gasteiger partial charge >= 0.3 is 0 Å². The van der Waals surface area contributed by atoms with E-state index in [-0.39, 0.29) is 17.3 Å². The molecule has 7 nitrogen and oxygen atoms in total. The zero-order valence-corrected chi connectivity index (χ0v) is 11.4. The van der Waals surface area contributed by atoms with Gasteiger partial charge < -0.3 is 9.67 Å². The third kappa shape index (κ3) is 2.86. The van der Waals surface area contributed by atoms with Gasteiger partial charge in [0.1, 0.15) is 11.2 Å². The second-order valence-corrected chi connectivity index (χ2v) is 4.95. The van der Waals surface area contributed by atoms with E-state index in [1.54, 1.807) is 17.8 Å². The molecule has 0 atom stereocenters. The highest BCUT2D eigenvalue weighted by atomic mass is 35.5. The number of aliphatic hydroxyl groups excluding tert-OH is 1. The molecule has 2 rings (SSSR count). The highest BCUT2D eigenvalue weighted by molar-refractivity contribution is 7.99. The first-order chi connectivity index (χ1) is 9.02. The van der Waals surface area contributed by atoms with Crippen molar-refractivity contribution in [1.82, 2.24) is 14.5 Å². The van der Waals surface area contributed by atoms with Gasteiger partial charge in [0.25, 0.3) is 5.69 Å². The molecule has 0 aliphatic carbocycles. The standard InChI is InChI=1S/C10H9ClN4O3S/c1-14-7(5-16)4-13-10(14)19-9-8(11)2-6(3-12-9)15(17)18/h2-4,16H,5H2,1H3. The van der Waals surface area contributed by atoms with Gasteiger partial charge in [0.05, 0.1) is 28.4 Å². The van der Waals surface area contributed by atoms with Crippen LogP contribution < -0.4 is 0 Å². The Bertz CT molecular complexity index is 631. The number of halogens is 1. The van der Waals surface area contributed by atoms with E-state index in [1.807, 2.05) is 0 Å². The molecule has 0 aliphatic heterocycles. The van der Waals surface area contributed by atoms with Crippen molar-refractivity contribution in [2.24, 2.45) is 7.05 Å². The molecule has 2 heterocycles.